The van der Waals surface area contributed by atoms with Gasteiger partial charge < -0.3 is 20.0 Å². The largest absolute Gasteiger partial charge is 0.459 e. The van der Waals surface area contributed by atoms with Crippen LogP contribution in [0.2, 0.25) is 0 Å². The second-order valence-corrected chi connectivity index (χ2v) is 8.26. The fraction of sp³-hybridized carbons (Fsp3) is 0.480. The predicted molar refractivity (Wildman–Crippen MR) is 122 cm³/mol. The fourth-order valence-electron chi connectivity index (χ4n) is 4.11. The van der Waals surface area contributed by atoms with Crippen LogP contribution >= 0.6 is 0 Å². The van der Waals surface area contributed by atoms with E-state index in [1.165, 1.54) is 12.7 Å². The molecule has 0 bridgehead atoms. The van der Waals surface area contributed by atoms with Gasteiger partial charge in [0, 0.05) is 12.6 Å². The number of hydrogen-bond donors (Lipinski definition) is 2. The average Bonchev–Trinajstić information content (AvgIpc) is 3.36. The minimum absolute atomic E-state index is 0.143. The first-order valence-corrected chi connectivity index (χ1v) is 11.6. The first kappa shape index (κ1) is 23.6. The highest BCUT2D eigenvalue weighted by atomic mass is 16.3. The summed E-state index contributed by atoms with van der Waals surface area (Å²) < 4.78 is 5.09. The number of unbranched alkanes of at least 4 members (excludes halogenated alkanes) is 1. The number of rotatable bonds is 10. The maximum atomic E-state index is 13.4. The molecule has 1 aromatic heterocycles. The van der Waals surface area contributed by atoms with Gasteiger partial charge in [-0.3, -0.25) is 14.4 Å². The van der Waals surface area contributed by atoms with Gasteiger partial charge in [-0.25, -0.2) is 0 Å². The molecule has 1 fully saturated rings. The molecule has 0 spiro atoms. The third kappa shape index (κ3) is 6.45. The number of amides is 3. The van der Waals surface area contributed by atoms with Crippen molar-refractivity contribution in [2.45, 2.75) is 64.0 Å². The van der Waals surface area contributed by atoms with Crippen LogP contribution in [0.4, 0.5) is 0 Å². The van der Waals surface area contributed by atoms with E-state index in [-0.39, 0.29) is 30.2 Å². The van der Waals surface area contributed by atoms with Gasteiger partial charge in [-0.15, -0.1) is 0 Å². The van der Waals surface area contributed by atoms with Crippen molar-refractivity contribution < 1.29 is 18.8 Å². The van der Waals surface area contributed by atoms with Crippen LogP contribution in [0, 0.1) is 0 Å². The van der Waals surface area contributed by atoms with Gasteiger partial charge in [0.1, 0.15) is 6.04 Å². The van der Waals surface area contributed by atoms with Crippen LogP contribution < -0.4 is 10.6 Å². The van der Waals surface area contributed by atoms with Gasteiger partial charge in [0.2, 0.25) is 11.8 Å². The minimum atomic E-state index is -0.738. The number of benzene rings is 1. The van der Waals surface area contributed by atoms with E-state index in [2.05, 4.69) is 10.6 Å². The second kappa shape index (κ2) is 12.1. The van der Waals surface area contributed by atoms with Crippen LogP contribution in [-0.4, -0.2) is 41.8 Å². The third-order valence-electron chi connectivity index (χ3n) is 5.84. The Morgan fingerprint density at radius 2 is 1.81 bits per heavy atom. The summed E-state index contributed by atoms with van der Waals surface area (Å²) in [6.07, 6.45) is 8.41. The molecule has 3 rings (SSSR count). The zero-order valence-electron chi connectivity index (χ0n) is 18.7. The van der Waals surface area contributed by atoms with Gasteiger partial charge in [0.05, 0.1) is 12.8 Å². The summed E-state index contributed by atoms with van der Waals surface area (Å²) in [6, 6.07) is 11.9. The zero-order chi connectivity index (χ0) is 22.8. The Balaban J connectivity index is 1.78. The highest BCUT2D eigenvalue weighted by molar-refractivity contribution is 5.95. The number of carbonyl (C=O) groups is 3. The molecule has 1 atom stereocenters. The summed E-state index contributed by atoms with van der Waals surface area (Å²) in [7, 11) is 0. The maximum Gasteiger partial charge on any atom is 0.287 e. The summed E-state index contributed by atoms with van der Waals surface area (Å²) in [5, 5.41) is 5.79. The first-order chi connectivity index (χ1) is 15.6. The lowest BCUT2D eigenvalue weighted by Gasteiger charge is -2.33. The Hall–Kier alpha value is -3.09. The molecule has 1 aliphatic carbocycles. The number of nitrogens with zero attached hydrogens (tertiary/aromatic N) is 1. The van der Waals surface area contributed by atoms with Crippen molar-refractivity contribution in [3.05, 3.63) is 60.1 Å². The molecular formula is C25H33N3O4. The molecule has 7 heteroatoms. The molecule has 0 saturated heterocycles. The van der Waals surface area contributed by atoms with Crippen molar-refractivity contribution in [1.29, 1.82) is 0 Å². The second-order valence-electron chi connectivity index (χ2n) is 8.26. The van der Waals surface area contributed by atoms with Gasteiger partial charge in [-0.05, 0) is 37.0 Å². The topological polar surface area (TPSA) is 91.7 Å². The average molecular weight is 440 g/mol. The quantitative estimate of drug-likeness (QED) is 0.589. The SMILES string of the molecule is CCCCN(C(=O)CNC(=O)c1ccco1)[C@H](C(=O)NC1CCCCC1)c1ccccc1. The van der Waals surface area contributed by atoms with Gasteiger partial charge in [0.15, 0.2) is 5.76 Å². The molecule has 3 amide bonds. The van der Waals surface area contributed by atoms with Crippen molar-refractivity contribution in [1.82, 2.24) is 15.5 Å². The molecule has 1 heterocycles. The Morgan fingerprint density at radius 1 is 1.06 bits per heavy atom. The Kier molecular flexibility index (Phi) is 8.90. The van der Waals surface area contributed by atoms with Crippen molar-refractivity contribution in [3.8, 4) is 0 Å². The van der Waals surface area contributed by atoms with E-state index in [0.29, 0.717) is 6.54 Å². The van der Waals surface area contributed by atoms with E-state index in [4.69, 9.17) is 4.42 Å². The van der Waals surface area contributed by atoms with Crippen molar-refractivity contribution in [2.75, 3.05) is 13.1 Å². The fourth-order valence-corrected chi connectivity index (χ4v) is 4.11. The van der Waals surface area contributed by atoms with Crippen LogP contribution in [0.15, 0.2) is 53.1 Å². The van der Waals surface area contributed by atoms with E-state index >= 15 is 0 Å². The van der Waals surface area contributed by atoms with E-state index in [1.807, 2.05) is 37.3 Å². The van der Waals surface area contributed by atoms with Crippen LogP contribution in [0.1, 0.15) is 74.0 Å². The highest BCUT2D eigenvalue weighted by Gasteiger charge is 2.32. The molecule has 7 nitrogen and oxygen atoms in total. The molecule has 1 aromatic carbocycles. The molecule has 32 heavy (non-hydrogen) atoms. The maximum absolute atomic E-state index is 13.4. The van der Waals surface area contributed by atoms with Crippen molar-refractivity contribution in [2.24, 2.45) is 0 Å². The molecule has 1 aliphatic rings. The number of hydrogen-bond acceptors (Lipinski definition) is 4. The van der Waals surface area contributed by atoms with E-state index in [9.17, 15) is 14.4 Å². The summed E-state index contributed by atoms with van der Waals surface area (Å²) in [4.78, 5) is 40.5. The summed E-state index contributed by atoms with van der Waals surface area (Å²) in [6.45, 7) is 2.27. The summed E-state index contributed by atoms with van der Waals surface area (Å²) >= 11 is 0. The molecule has 2 N–H and O–H groups in total. The predicted octanol–water partition coefficient (Wildman–Crippen LogP) is 3.83. The molecule has 1 saturated carbocycles. The molecule has 2 aromatic rings. The molecule has 172 valence electrons. The van der Waals surface area contributed by atoms with Crippen LogP contribution in [-0.2, 0) is 9.59 Å². The van der Waals surface area contributed by atoms with Crippen molar-refractivity contribution in [3.63, 3.8) is 0 Å². The molecule has 0 unspecified atom stereocenters. The Bertz CT molecular complexity index is 861. The van der Waals surface area contributed by atoms with Crippen LogP contribution in [0.25, 0.3) is 0 Å². The van der Waals surface area contributed by atoms with Gasteiger partial charge in [-0.1, -0.05) is 62.9 Å². The molecular weight excluding hydrogens is 406 g/mol. The summed E-state index contributed by atoms with van der Waals surface area (Å²) in [5.41, 5.74) is 0.766. The number of nitrogens with one attached hydrogen (secondary N) is 2. The third-order valence-corrected chi connectivity index (χ3v) is 5.84. The standard InChI is InChI=1S/C25H33N3O4/c1-2-3-16-28(22(29)18-26-24(30)21-15-10-17-32-21)23(19-11-6-4-7-12-19)25(31)27-20-13-8-5-9-14-20/h4,6-7,10-12,15,17,20,23H,2-3,5,8-9,13-14,16,18H2,1H3,(H,26,30)(H,27,31)/t23-/m0/s1. The Labute approximate surface area is 189 Å². The monoisotopic (exact) mass is 439 g/mol. The van der Waals surface area contributed by atoms with Gasteiger partial charge in [-0.2, -0.15) is 0 Å². The van der Waals surface area contributed by atoms with Gasteiger partial charge in [0.25, 0.3) is 5.91 Å². The number of furan rings is 1. The lowest BCUT2D eigenvalue weighted by Crippen LogP contribution is -2.49. The van der Waals surface area contributed by atoms with E-state index < -0.39 is 11.9 Å². The zero-order valence-corrected chi connectivity index (χ0v) is 18.7. The highest BCUT2D eigenvalue weighted by Crippen LogP contribution is 2.24. The normalized spacial score (nSPS) is 15.0. The van der Waals surface area contributed by atoms with Crippen LogP contribution in [0.5, 0.6) is 0 Å². The first-order valence-electron chi connectivity index (χ1n) is 11.6. The van der Waals surface area contributed by atoms with E-state index in [0.717, 1.165) is 44.1 Å². The van der Waals surface area contributed by atoms with Gasteiger partial charge >= 0.3 is 0 Å². The Morgan fingerprint density at radius 3 is 2.47 bits per heavy atom. The lowest BCUT2D eigenvalue weighted by atomic mass is 9.94. The summed E-state index contributed by atoms with van der Waals surface area (Å²) in [5.74, 6) is -0.773. The van der Waals surface area contributed by atoms with E-state index in [1.54, 1.807) is 17.0 Å². The number of carbonyl (C=O) groups excluding carboxylic acids is 3. The molecule has 0 aliphatic heterocycles. The van der Waals surface area contributed by atoms with Crippen molar-refractivity contribution >= 4 is 17.7 Å². The smallest absolute Gasteiger partial charge is 0.287 e. The van der Waals surface area contributed by atoms with Crippen LogP contribution in [0.3, 0.4) is 0 Å². The lowest BCUT2D eigenvalue weighted by molar-refractivity contribution is -0.140. The minimum Gasteiger partial charge on any atom is -0.459 e. The molecule has 0 radical (unpaired) electrons.